The van der Waals surface area contributed by atoms with Crippen LogP contribution in [-0.2, 0) is 9.53 Å². The zero-order chi connectivity index (χ0) is 18.0. The van der Waals surface area contributed by atoms with Crippen molar-refractivity contribution in [2.75, 3.05) is 13.2 Å². The Kier molecular flexibility index (Phi) is 4.81. The minimum absolute atomic E-state index is 0.0840. The SMILES string of the molecule is Cc1cc(=O)oc2cc(OCC(=O)NC3CCOC(C)(C)C3)ccc12. The normalized spacial score (nSPS) is 19.6. The molecule has 6 heteroatoms. The van der Waals surface area contributed by atoms with E-state index >= 15 is 0 Å². The van der Waals surface area contributed by atoms with Crippen LogP contribution in [0.25, 0.3) is 11.0 Å². The van der Waals surface area contributed by atoms with Crippen molar-refractivity contribution in [1.82, 2.24) is 5.32 Å². The van der Waals surface area contributed by atoms with Gasteiger partial charge in [-0.2, -0.15) is 0 Å². The molecule has 6 nitrogen and oxygen atoms in total. The first kappa shape index (κ1) is 17.5. The van der Waals surface area contributed by atoms with E-state index in [1.807, 2.05) is 26.8 Å². The molecule has 1 saturated heterocycles. The van der Waals surface area contributed by atoms with Crippen molar-refractivity contribution in [3.63, 3.8) is 0 Å². The van der Waals surface area contributed by atoms with Gasteiger partial charge in [-0.05, 0) is 51.3 Å². The van der Waals surface area contributed by atoms with Gasteiger partial charge in [-0.15, -0.1) is 0 Å². The Balaban J connectivity index is 1.60. The van der Waals surface area contributed by atoms with Gasteiger partial charge in [0.05, 0.1) is 5.60 Å². The Bertz CT molecular complexity index is 839. The summed E-state index contributed by atoms with van der Waals surface area (Å²) in [5, 5.41) is 3.83. The zero-order valence-electron chi connectivity index (χ0n) is 14.8. The molecule has 0 spiro atoms. The number of fused-ring (bicyclic) bond motifs is 1. The van der Waals surface area contributed by atoms with Gasteiger partial charge in [0.2, 0.25) is 0 Å². The van der Waals surface area contributed by atoms with Crippen molar-refractivity contribution >= 4 is 16.9 Å². The molecule has 0 bridgehead atoms. The van der Waals surface area contributed by atoms with Crippen LogP contribution >= 0.6 is 0 Å². The van der Waals surface area contributed by atoms with Crippen molar-refractivity contribution in [2.24, 2.45) is 0 Å². The molecule has 1 atom stereocenters. The van der Waals surface area contributed by atoms with Gasteiger partial charge in [-0.25, -0.2) is 4.79 Å². The summed E-state index contributed by atoms with van der Waals surface area (Å²) in [6.45, 7) is 6.45. The second-order valence-corrected chi connectivity index (χ2v) is 7.06. The molecule has 1 aromatic heterocycles. The summed E-state index contributed by atoms with van der Waals surface area (Å²) in [6.07, 6.45) is 1.58. The van der Waals surface area contributed by atoms with Gasteiger partial charge in [-0.1, -0.05) is 0 Å². The number of nitrogens with one attached hydrogen (secondary N) is 1. The van der Waals surface area contributed by atoms with Crippen LogP contribution in [0.15, 0.2) is 33.5 Å². The Morgan fingerprint density at radius 1 is 1.36 bits per heavy atom. The number of carbonyl (C=O) groups excluding carboxylic acids is 1. The van der Waals surface area contributed by atoms with E-state index in [0.29, 0.717) is 17.9 Å². The Morgan fingerprint density at radius 2 is 2.16 bits per heavy atom. The highest BCUT2D eigenvalue weighted by molar-refractivity contribution is 5.81. The fourth-order valence-electron chi connectivity index (χ4n) is 3.17. The number of rotatable bonds is 4. The maximum absolute atomic E-state index is 12.1. The van der Waals surface area contributed by atoms with Gasteiger partial charge < -0.3 is 19.2 Å². The predicted octanol–water partition coefficient (Wildman–Crippen LogP) is 2.55. The lowest BCUT2D eigenvalue weighted by Gasteiger charge is -2.35. The average Bonchev–Trinajstić information content (AvgIpc) is 2.51. The van der Waals surface area contributed by atoms with E-state index in [9.17, 15) is 9.59 Å². The largest absolute Gasteiger partial charge is 0.484 e. The molecule has 1 aliphatic rings. The molecule has 0 saturated carbocycles. The fraction of sp³-hybridized carbons (Fsp3) is 0.474. The van der Waals surface area contributed by atoms with Gasteiger partial charge in [0.15, 0.2) is 6.61 Å². The Morgan fingerprint density at radius 3 is 2.92 bits per heavy atom. The highest BCUT2D eigenvalue weighted by atomic mass is 16.5. The third-order valence-electron chi connectivity index (χ3n) is 4.35. The van der Waals surface area contributed by atoms with E-state index in [2.05, 4.69) is 5.32 Å². The Hall–Kier alpha value is -2.34. The van der Waals surface area contributed by atoms with Crippen LogP contribution in [0.5, 0.6) is 5.75 Å². The molecule has 1 amide bonds. The van der Waals surface area contributed by atoms with Crippen molar-refractivity contribution < 1.29 is 18.7 Å². The highest BCUT2D eigenvalue weighted by Crippen LogP contribution is 2.24. The van der Waals surface area contributed by atoms with E-state index in [1.54, 1.807) is 12.1 Å². The van der Waals surface area contributed by atoms with Gasteiger partial charge in [0.25, 0.3) is 5.91 Å². The average molecular weight is 345 g/mol. The number of benzene rings is 1. The molecular formula is C19H23NO5. The molecule has 2 aromatic rings. The first-order valence-electron chi connectivity index (χ1n) is 8.43. The molecule has 2 heterocycles. The first-order chi connectivity index (χ1) is 11.8. The maximum Gasteiger partial charge on any atom is 0.336 e. The lowest BCUT2D eigenvalue weighted by Crippen LogP contribution is -2.47. The second kappa shape index (κ2) is 6.88. The van der Waals surface area contributed by atoms with Crippen LogP contribution in [0.3, 0.4) is 0 Å². The van der Waals surface area contributed by atoms with Crippen LogP contribution in [0, 0.1) is 6.92 Å². The molecule has 1 unspecified atom stereocenters. The fourth-order valence-corrected chi connectivity index (χ4v) is 3.17. The van der Waals surface area contributed by atoms with Gasteiger partial charge >= 0.3 is 5.63 Å². The number of amides is 1. The third-order valence-corrected chi connectivity index (χ3v) is 4.35. The highest BCUT2D eigenvalue weighted by Gasteiger charge is 2.29. The van der Waals surface area contributed by atoms with Crippen LogP contribution in [-0.4, -0.2) is 30.8 Å². The standard InChI is InChI=1S/C19H23NO5/c1-12-8-18(22)25-16-9-14(4-5-15(12)16)23-11-17(21)20-13-6-7-24-19(2,3)10-13/h4-5,8-9,13H,6-7,10-11H2,1-3H3,(H,20,21). The van der Waals surface area contributed by atoms with Gasteiger partial charge in [0.1, 0.15) is 11.3 Å². The second-order valence-electron chi connectivity index (χ2n) is 7.06. The van der Waals surface area contributed by atoms with E-state index in [0.717, 1.165) is 23.8 Å². The summed E-state index contributed by atoms with van der Waals surface area (Å²) in [5.74, 6) is 0.317. The van der Waals surface area contributed by atoms with E-state index in [4.69, 9.17) is 13.9 Å². The summed E-state index contributed by atoms with van der Waals surface area (Å²) in [7, 11) is 0. The lowest BCUT2D eigenvalue weighted by atomic mass is 9.94. The molecule has 0 radical (unpaired) electrons. The number of aryl methyl sites for hydroxylation is 1. The summed E-state index contributed by atoms with van der Waals surface area (Å²) < 4.78 is 16.4. The van der Waals surface area contributed by atoms with Crippen molar-refractivity contribution in [3.05, 3.63) is 40.2 Å². The van der Waals surface area contributed by atoms with Crippen LogP contribution < -0.4 is 15.7 Å². The van der Waals surface area contributed by atoms with Gasteiger partial charge in [-0.3, -0.25) is 4.79 Å². The van der Waals surface area contributed by atoms with Crippen LogP contribution in [0.2, 0.25) is 0 Å². The molecule has 25 heavy (non-hydrogen) atoms. The summed E-state index contributed by atoms with van der Waals surface area (Å²) in [6, 6.07) is 6.76. The maximum atomic E-state index is 12.1. The number of ether oxygens (including phenoxy) is 2. The van der Waals surface area contributed by atoms with Crippen LogP contribution in [0.4, 0.5) is 0 Å². The van der Waals surface area contributed by atoms with Crippen molar-refractivity contribution in [2.45, 2.75) is 45.3 Å². The predicted molar refractivity (Wildman–Crippen MR) is 93.9 cm³/mol. The molecule has 134 valence electrons. The minimum Gasteiger partial charge on any atom is -0.484 e. The monoisotopic (exact) mass is 345 g/mol. The zero-order valence-corrected chi connectivity index (χ0v) is 14.8. The van der Waals surface area contributed by atoms with Crippen molar-refractivity contribution in [3.8, 4) is 5.75 Å². The smallest absolute Gasteiger partial charge is 0.336 e. The summed E-state index contributed by atoms with van der Waals surface area (Å²) in [4.78, 5) is 23.6. The van der Waals surface area contributed by atoms with Gasteiger partial charge in [0, 0.05) is 30.2 Å². The molecular weight excluding hydrogens is 322 g/mol. The Labute approximate surface area is 146 Å². The number of hydrogen-bond acceptors (Lipinski definition) is 5. The van der Waals surface area contributed by atoms with Crippen LogP contribution in [0.1, 0.15) is 32.3 Å². The number of hydrogen-bond donors (Lipinski definition) is 1. The quantitative estimate of drug-likeness (QED) is 0.862. The molecule has 1 fully saturated rings. The lowest BCUT2D eigenvalue weighted by molar-refractivity contribution is -0.126. The summed E-state index contributed by atoms with van der Waals surface area (Å²) >= 11 is 0. The molecule has 1 aromatic carbocycles. The number of carbonyl (C=O) groups is 1. The molecule has 0 aliphatic carbocycles. The molecule has 1 N–H and O–H groups in total. The van der Waals surface area contributed by atoms with E-state index < -0.39 is 5.63 Å². The topological polar surface area (TPSA) is 77.8 Å². The van der Waals surface area contributed by atoms with Crippen molar-refractivity contribution in [1.29, 1.82) is 0 Å². The van der Waals surface area contributed by atoms with E-state index in [-0.39, 0.29) is 24.2 Å². The molecule has 1 aliphatic heterocycles. The first-order valence-corrected chi connectivity index (χ1v) is 8.43. The third kappa shape index (κ3) is 4.39. The van der Waals surface area contributed by atoms with E-state index in [1.165, 1.54) is 6.07 Å². The minimum atomic E-state index is -0.401. The summed E-state index contributed by atoms with van der Waals surface area (Å²) in [5.41, 5.74) is 0.680. The molecule has 3 rings (SSSR count).